The number of anilines is 1. The van der Waals surface area contributed by atoms with Crippen molar-refractivity contribution in [2.75, 3.05) is 4.90 Å². The van der Waals surface area contributed by atoms with Gasteiger partial charge in [-0.25, -0.2) is 13.8 Å². The van der Waals surface area contributed by atoms with Gasteiger partial charge < -0.3 is 10.0 Å². The van der Waals surface area contributed by atoms with Crippen LogP contribution < -0.4 is 4.90 Å². The third-order valence-corrected chi connectivity index (χ3v) is 3.67. The Hall–Kier alpha value is -2.69. The van der Waals surface area contributed by atoms with Gasteiger partial charge in [0.2, 0.25) is 0 Å². The molecular weight excluding hydrogens is 286 g/mol. The third kappa shape index (κ3) is 2.45. The zero-order chi connectivity index (χ0) is 15.9. The summed E-state index contributed by atoms with van der Waals surface area (Å²) in [4.78, 5) is 5.91. The number of hydrogen-bond acceptors (Lipinski definition) is 3. The fourth-order valence-corrected chi connectivity index (χ4v) is 2.51. The van der Waals surface area contributed by atoms with Gasteiger partial charge in [0.05, 0.1) is 24.3 Å². The zero-order valence-corrected chi connectivity index (χ0v) is 12.0. The summed E-state index contributed by atoms with van der Waals surface area (Å²) in [6.07, 6.45) is 1.56. The van der Waals surface area contributed by atoms with E-state index in [1.807, 2.05) is 0 Å². The zero-order valence-electron chi connectivity index (χ0n) is 12.0. The van der Waals surface area contributed by atoms with Gasteiger partial charge in [-0.2, -0.15) is 0 Å². The number of aromatic hydroxyl groups is 1. The van der Waals surface area contributed by atoms with E-state index >= 15 is 0 Å². The molecule has 112 valence electrons. The van der Waals surface area contributed by atoms with E-state index in [0.29, 0.717) is 22.4 Å². The highest BCUT2D eigenvalue weighted by Crippen LogP contribution is 2.34. The summed E-state index contributed by atoms with van der Waals surface area (Å²) >= 11 is 0. The van der Waals surface area contributed by atoms with Gasteiger partial charge in [0.1, 0.15) is 17.4 Å². The third-order valence-electron chi connectivity index (χ3n) is 3.67. The predicted molar refractivity (Wildman–Crippen MR) is 82.9 cm³/mol. The Morgan fingerprint density at radius 1 is 1.23 bits per heavy atom. The molecule has 0 saturated heterocycles. The topological polar surface area (TPSA) is 35.8 Å². The van der Waals surface area contributed by atoms with Gasteiger partial charge >= 0.3 is 0 Å². The number of benzene rings is 2. The van der Waals surface area contributed by atoms with Crippen molar-refractivity contribution >= 4 is 17.7 Å². The molecule has 0 radical (unpaired) electrons. The molecule has 3 rings (SSSR count). The van der Waals surface area contributed by atoms with Crippen LogP contribution in [0.4, 0.5) is 14.5 Å². The molecule has 3 nitrogen and oxygen atoms in total. The minimum Gasteiger partial charge on any atom is -0.508 e. The van der Waals surface area contributed by atoms with Gasteiger partial charge in [-0.15, -0.1) is 0 Å². The summed E-state index contributed by atoms with van der Waals surface area (Å²) in [7, 11) is 0. The highest BCUT2D eigenvalue weighted by molar-refractivity contribution is 5.94. The van der Waals surface area contributed by atoms with Crippen molar-refractivity contribution in [2.45, 2.75) is 13.5 Å². The normalized spacial score (nSPS) is 13.4. The first-order chi connectivity index (χ1) is 10.5. The van der Waals surface area contributed by atoms with Crippen molar-refractivity contribution in [3.8, 4) is 5.75 Å². The number of fused-ring (bicyclic) bond motifs is 1. The fraction of sp³-hybridized carbons (Fsp3) is 0.118. The van der Waals surface area contributed by atoms with Crippen LogP contribution in [0.2, 0.25) is 0 Å². The summed E-state index contributed by atoms with van der Waals surface area (Å²) in [6, 6.07) is 7.01. The molecule has 0 fully saturated rings. The summed E-state index contributed by atoms with van der Waals surface area (Å²) in [5, 5.41) is 9.59. The second-order valence-electron chi connectivity index (χ2n) is 5.20. The van der Waals surface area contributed by atoms with E-state index in [2.05, 4.69) is 11.6 Å². The van der Waals surface area contributed by atoms with Crippen LogP contribution in [0.1, 0.15) is 16.7 Å². The SMILES string of the molecule is C=C1N=CN(Cc2c(C)cc(F)cc2F)c2ccc(O)cc21. The molecule has 5 heteroatoms. The lowest BCUT2D eigenvalue weighted by molar-refractivity contribution is 0.475. The lowest BCUT2D eigenvalue weighted by Gasteiger charge is -2.27. The second-order valence-corrected chi connectivity index (χ2v) is 5.20. The Labute approximate surface area is 126 Å². The van der Waals surface area contributed by atoms with Crippen LogP contribution >= 0.6 is 0 Å². The number of hydrogen-bond donors (Lipinski definition) is 1. The Kier molecular flexibility index (Phi) is 3.41. The van der Waals surface area contributed by atoms with Crippen LogP contribution in [0.5, 0.6) is 5.75 Å². The van der Waals surface area contributed by atoms with E-state index < -0.39 is 11.6 Å². The van der Waals surface area contributed by atoms with Crippen molar-refractivity contribution < 1.29 is 13.9 Å². The maximum absolute atomic E-state index is 14.0. The molecule has 0 aliphatic carbocycles. The van der Waals surface area contributed by atoms with Crippen molar-refractivity contribution in [3.05, 3.63) is 65.2 Å². The van der Waals surface area contributed by atoms with Crippen LogP contribution in [-0.4, -0.2) is 11.4 Å². The Bertz CT molecular complexity index is 776. The van der Waals surface area contributed by atoms with E-state index in [9.17, 15) is 13.9 Å². The number of halogens is 2. The van der Waals surface area contributed by atoms with Crippen LogP contribution in [0.3, 0.4) is 0 Å². The molecule has 0 spiro atoms. The molecule has 1 N–H and O–H groups in total. The minimum atomic E-state index is -0.593. The molecular formula is C17H14F2N2O. The van der Waals surface area contributed by atoms with Gasteiger partial charge in [-0.1, -0.05) is 6.58 Å². The number of phenolic OH excluding ortho intramolecular Hbond substituents is 1. The van der Waals surface area contributed by atoms with Gasteiger partial charge in [0.25, 0.3) is 0 Å². The summed E-state index contributed by atoms with van der Waals surface area (Å²) < 4.78 is 27.2. The average Bonchev–Trinajstić information content (AvgIpc) is 2.45. The van der Waals surface area contributed by atoms with Crippen LogP contribution in [0.15, 0.2) is 41.9 Å². The van der Waals surface area contributed by atoms with E-state index in [0.717, 1.165) is 11.8 Å². The number of aryl methyl sites for hydroxylation is 1. The van der Waals surface area contributed by atoms with E-state index in [1.165, 1.54) is 6.07 Å². The summed E-state index contributed by atoms with van der Waals surface area (Å²) in [5.74, 6) is -1.07. The Balaban J connectivity index is 2.01. The van der Waals surface area contributed by atoms with E-state index in [4.69, 9.17) is 0 Å². The molecule has 0 aromatic heterocycles. The number of phenols is 1. The van der Waals surface area contributed by atoms with Gasteiger partial charge in [-0.3, -0.25) is 0 Å². The molecule has 0 atom stereocenters. The van der Waals surface area contributed by atoms with Crippen LogP contribution in [0.25, 0.3) is 5.70 Å². The fourth-order valence-electron chi connectivity index (χ4n) is 2.51. The minimum absolute atomic E-state index is 0.112. The quantitative estimate of drug-likeness (QED) is 0.910. The molecule has 2 aromatic carbocycles. The smallest absolute Gasteiger partial charge is 0.131 e. The maximum atomic E-state index is 14.0. The molecule has 0 unspecified atom stereocenters. The first kappa shape index (κ1) is 14.3. The van der Waals surface area contributed by atoms with Crippen molar-refractivity contribution in [2.24, 2.45) is 4.99 Å². The van der Waals surface area contributed by atoms with Crippen molar-refractivity contribution in [1.29, 1.82) is 0 Å². The van der Waals surface area contributed by atoms with Crippen molar-refractivity contribution in [1.82, 2.24) is 0 Å². The Morgan fingerprint density at radius 3 is 2.73 bits per heavy atom. The number of rotatable bonds is 2. The predicted octanol–water partition coefficient (Wildman–Crippen LogP) is 4.00. The lowest BCUT2D eigenvalue weighted by Crippen LogP contribution is -2.25. The molecule has 0 amide bonds. The number of aliphatic imine (C=N–C) groups is 1. The monoisotopic (exact) mass is 300 g/mol. The van der Waals surface area contributed by atoms with Gasteiger partial charge in [0.15, 0.2) is 0 Å². The highest BCUT2D eigenvalue weighted by atomic mass is 19.1. The van der Waals surface area contributed by atoms with E-state index in [1.54, 1.807) is 36.4 Å². The van der Waals surface area contributed by atoms with Gasteiger partial charge in [-0.05, 0) is 36.8 Å². The first-order valence-corrected chi connectivity index (χ1v) is 6.73. The standard InChI is InChI=1S/C17H14F2N2O/c1-10-5-12(18)6-16(19)15(10)8-21-9-20-11(2)14-7-13(22)3-4-17(14)21/h3-7,9,22H,2,8H2,1H3. The summed E-state index contributed by atoms with van der Waals surface area (Å²) in [5.41, 5.74) is 2.91. The first-order valence-electron chi connectivity index (χ1n) is 6.73. The molecule has 1 aliphatic rings. The largest absolute Gasteiger partial charge is 0.508 e. The Morgan fingerprint density at radius 2 is 2.00 bits per heavy atom. The molecule has 2 aromatic rings. The van der Waals surface area contributed by atoms with Crippen molar-refractivity contribution in [3.63, 3.8) is 0 Å². The maximum Gasteiger partial charge on any atom is 0.131 e. The second kappa shape index (κ2) is 5.26. The average molecular weight is 300 g/mol. The molecule has 1 aliphatic heterocycles. The molecule has 1 heterocycles. The molecule has 0 bridgehead atoms. The molecule has 22 heavy (non-hydrogen) atoms. The number of nitrogens with zero attached hydrogens (tertiary/aromatic N) is 2. The van der Waals surface area contributed by atoms with Crippen LogP contribution in [0, 0.1) is 18.6 Å². The van der Waals surface area contributed by atoms with Gasteiger partial charge in [0, 0.05) is 17.2 Å². The summed E-state index contributed by atoms with van der Waals surface area (Å²) in [6.45, 7) is 5.71. The highest BCUT2D eigenvalue weighted by Gasteiger charge is 2.19. The van der Waals surface area contributed by atoms with Crippen LogP contribution in [-0.2, 0) is 6.54 Å². The van der Waals surface area contributed by atoms with E-state index in [-0.39, 0.29) is 12.3 Å². The molecule has 0 saturated carbocycles. The lowest BCUT2D eigenvalue weighted by atomic mass is 10.0.